The summed E-state index contributed by atoms with van der Waals surface area (Å²) in [6.07, 6.45) is 2.21. The summed E-state index contributed by atoms with van der Waals surface area (Å²) in [5.41, 5.74) is -2.90. The van der Waals surface area contributed by atoms with Gasteiger partial charge in [0.1, 0.15) is 11.2 Å². The van der Waals surface area contributed by atoms with Crippen molar-refractivity contribution < 1.29 is 23.7 Å². The molecule has 1 unspecified atom stereocenters. The molecule has 0 aliphatic carbocycles. The van der Waals surface area contributed by atoms with Gasteiger partial charge in [0, 0.05) is 6.20 Å². The van der Waals surface area contributed by atoms with E-state index in [1.165, 1.54) is 12.3 Å². The van der Waals surface area contributed by atoms with E-state index in [4.69, 9.17) is 40.7 Å². The standard InChI is InChI=1S/C11H10F2N2O3S2/c1-2-10(12)7(17)11(13,5-16)18-8(10)15-4-3-6(19)14-9(15)20/h1,3-4,7-8,16-17H,5H2,(H,14,19,20)/t7-,8-,10?,11-/m1/s1. The van der Waals surface area contributed by atoms with Crippen LogP contribution in [-0.2, 0) is 4.74 Å². The molecule has 1 aliphatic heterocycles. The van der Waals surface area contributed by atoms with E-state index in [2.05, 4.69) is 4.98 Å². The first-order valence-corrected chi connectivity index (χ1v) is 6.24. The predicted octanol–water partition coefficient (Wildman–Crippen LogP) is 1.16. The van der Waals surface area contributed by atoms with Crippen molar-refractivity contribution in [3.8, 4) is 12.3 Å². The van der Waals surface area contributed by atoms with Gasteiger partial charge < -0.3 is 19.9 Å². The second-order valence-electron chi connectivity index (χ2n) is 4.25. The van der Waals surface area contributed by atoms with Crippen molar-refractivity contribution >= 4 is 24.4 Å². The zero-order valence-corrected chi connectivity index (χ0v) is 11.5. The van der Waals surface area contributed by atoms with Crippen molar-refractivity contribution in [3.63, 3.8) is 0 Å². The summed E-state index contributed by atoms with van der Waals surface area (Å²) in [4.78, 5) is 2.55. The fourth-order valence-electron chi connectivity index (χ4n) is 1.93. The number of terminal acetylenes is 1. The number of H-pyrrole nitrogens is 1. The van der Waals surface area contributed by atoms with Crippen LogP contribution in [0.5, 0.6) is 0 Å². The van der Waals surface area contributed by atoms with Gasteiger partial charge in [-0.05, 0) is 18.3 Å². The van der Waals surface area contributed by atoms with Gasteiger partial charge in [0.2, 0.25) is 5.67 Å². The van der Waals surface area contributed by atoms with Crippen molar-refractivity contribution in [3.05, 3.63) is 21.7 Å². The third kappa shape index (κ3) is 2.10. The topological polar surface area (TPSA) is 70.4 Å². The highest BCUT2D eigenvalue weighted by Gasteiger charge is 2.66. The molecule has 2 heterocycles. The SMILES string of the molecule is C#CC1(F)[C@@H](O)[C@@](F)(CO)O[C@H]1n1ccc(=S)[nH]c1=S. The summed E-state index contributed by atoms with van der Waals surface area (Å²) in [7, 11) is 0. The monoisotopic (exact) mass is 320 g/mol. The minimum Gasteiger partial charge on any atom is -0.390 e. The number of ether oxygens (including phenoxy) is 1. The van der Waals surface area contributed by atoms with Gasteiger partial charge in [-0.1, -0.05) is 18.1 Å². The number of aliphatic hydroxyl groups is 2. The summed E-state index contributed by atoms with van der Waals surface area (Å²) in [6, 6.07) is 1.37. The Morgan fingerprint density at radius 1 is 1.55 bits per heavy atom. The van der Waals surface area contributed by atoms with Gasteiger partial charge in [0.15, 0.2) is 17.1 Å². The third-order valence-corrected chi connectivity index (χ3v) is 3.56. The Labute approximate surface area is 122 Å². The zero-order valence-electron chi connectivity index (χ0n) is 9.92. The van der Waals surface area contributed by atoms with Crippen molar-refractivity contribution in [1.82, 2.24) is 9.55 Å². The van der Waals surface area contributed by atoms with Gasteiger partial charge in [-0.2, -0.15) is 0 Å². The van der Waals surface area contributed by atoms with Crippen molar-refractivity contribution in [2.24, 2.45) is 0 Å². The Morgan fingerprint density at radius 3 is 2.70 bits per heavy atom. The smallest absolute Gasteiger partial charge is 0.264 e. The van der Waals surface area contributed by atoms with E-state index in [1.54, 1.807) is 5.92 Å². The zero-order chi connectivity index (χ0) is 15.1. The van der Waals surface area contributed by atoms with E-state index in [-0.39, 0.29) is 9.41 Å². The molecule has 2 rings (SSSR count). The molecule has 9 heteroatoms. The van der Waals surface area contributed by atoms with E-state index in [0.717, 1.165) is 4.57 Å². The van der Waals surface area contributed by atoms with Crippen LogP contribution in [0, 0.1) is 21.8 Å². The summed E-state index contributed by atoms with van der Waals surface area (Å²) < 4.78 is 34.8. The highest BCUT2D eigenvalue weighted by atomic mass is 32.1. The molecule has 108 valence electrons. The summed E-state index contributed by atoms with van der Waals surface area (Å²) in [5, 5.41) is 18.6. The number of aromatic amines is 1. The first-order valence-electron chi connectivity index (χ1n) is 5.42. The van der Waals surface area contributed by atoms with Gasteiger partial charge >= 0.3 is 0 Å². The lowest BCUT2D eigenvalue weighted by molar-refractivity contribution is -0.207. The number of nitrogens with one attached hydrogen (secondary N) is 1. The molecule has 1 aliphatic rings. The molecule has 1 aromatic heterocycles. The largest absolute Gasteiger partial charge is 0.390 e. The maximum Gasteiger partial charge on any atom is 0.264 e. The van der Waals surface area contributed by atoms with Gasteiger partial charge in [-0.25, -0.2) is 8.78 Å². The number of halogens is 2. The fraction of sp³-hybridized carbons (Fsp3) is 0.455. The molecule has 4 atom stereocenters. The summed E-state index contributed by atoms with van der Waals surface area (Å²) in [6.45, 7) is -1.26. The van der Waals surface area contributed by atoms with E-state index < -0.39 is 30.5 Å². The van der Waals surface area contributed by atoms with Crippen LogP contribution < -0.4 is 0 Å². The Hall–Kier alpha value is -1.18. The highest BCUT2D eigenvalue weighted by molar-refractivity contribution is 7.72. The molecule has 1 aromatic rings. The number of aromatic nitrogens is 2. The highest BCUT2D eigenvalue weighted by Crippen LogP contribution is 2.47. The lowest BCUT2D eigenvalue weighted by atomic mass is 9.96. The second-order valence-corrected chi connectivity index (χ2v) is 5.07. The van der Waals surface area contributed by atoms with Crippen LogP contribution in [-0.4, -0.2) is 44.0 Å². The Balaban J connectivity index is 2.59. The van der Waals surface area contributed by atoms with Gasteiger partial charge in [-0.3, -0.25) is 4.57 Å². The molecule has 1 fully saturated rings. The number of aliphatic hydroxyl groups excluding tert-OH is 2. The van der Waals surface area contributed by atoms with E-state index in [9.17, 15) is 13.9 Å². The van der Waals surface area contributed by atoms with Gasteiger partial charge in [0.25, 0.3) is 5.85 Å². The van der Waals surface area contributed by atoms with E-state index in [1.807, 2.05) is 0 Å². The molecular formula is C11H10F2N2O3S2. The molecule has 0 bridgehead atoms. The molecule has 0 saturated carbocycles. The van der Waals surface area contributed by atoms with Crippen LogP contribution in [0.15, 0.2) is 12.3 Å². The normalized spacial score (nSPS) is 36.8. The predicted molar refractivity (Wildman–Crippen MR) is 70.2 cm³/mol. The Bertz CT molecular complexity index is 685. The first kappa shape index (κ1) is 15.2. The van der Waals surface area contributed by atoms with Crippen LogP contribution >= 0.6 is 24.4 Å². The fourth-order valence-corrected chi connectivity index (χ4v) is 2.42. The number of hydrogen-bond acceptors (Lipinski definition) is 5. The average molecular weight is 320 g/mol. The van der Waals surface area contributed by atoms with Crippen molar-refractivity contribution in [2.45, 2.75) is 23.9 Å². The third-order valence-electron chi connectivity index (χ3n) is 3.01. The maximum absolute atomic E-state index is 14.7. The number of alkyl halides is 2. The Kier molecular flexibility index (Phi) is 3.79. The second kappa shape index (κ2) is 4.98. The minimum absolute atomic E-state index is 0.0610. The molecule has 5 nitrogen and oxygen atoms in total. The quantitative estimate of drug-likeness (QED) is 0.564. The first-order chi connectivity index (χ1) is 9.28. The molecule has 0 spiro atoms. The molecule has 0 radical (unpaired) electrons. The summed E-state index contributed by atoms with van der Waals surface area (Å²) in [5.74, 6) is -1.35. The lowest BCUT2D eigenvalue weighted by Gasteiger charge is -2.24. The average Bonchev–Trinajstić information content (AvgIpc) is 2.62. The van der Waals surface area contributed by atoms with Crippen LogP contribution in [0.25, 0.3) is 0 Å². The Morgan fingerprint density at radius 2 is 2.20 bits per heavy atom. The van der Waals surface area contributed by atoms with Crippen LogP contribution in [0.4, 0.5) is 8.78 Å². The van der Waals surface area contributed by atoms with E-state index >= 15 is 0 Å². The van der Waals surface area contributed by atoms with Crippen molar-refractivity contribution in [1.29, 1.82) is 0 Å². The maximum atomic E-state index is 14.7. The summed E-state index contributed by atoms with van der Waals surface area (Å²) >= 11 is 9.77. The molecule has 0 amide bonds. The number of rotatable bonds is 2. The van der Waals surface area contributed by atoms with Gasteiger partial charge in [0.05, 0.1) is 0 Å². The minimum atomic E-state index is -3.02. The molecule has 1 saturated heterocycles. The molecular weight excluding hydrogens is 310 g/mol. The van der Waals surface area contributed by atoms with E-state index in [0.29, 0.717) is 0 Å². The number of hydrogen-bond donors (Lipinski definition) is 3. The molecule has 3 N–H and O–H groups in total. The van der Waals surface area contributed by atoms with Crippen molar-refractivity contribution in [2.75, 3.05) is 6.61 Å². The number of nitrogens with zero attached hydrogens (tertiary/aromatic N) is 1. The lowest BCUT2D eigenvalue weighted by Crippen LogP contribution is -2.47. The van der Waals surface area contributed by atoms with Crippen LogP contribution in [0.3, 0.4) is 0 Å². The molecule has 20 heavy (non-hydrogen) atoms. The van der Waals surface area contributed by atoms with Crippen LogP contribution in [0.1, 0.15) is 6.23 Å². The van der Waals surface area contributed by atoms with Crippen LogP contribution in [0.2, 0.25) is 0 Å². The molecule has 0 aromatic carbocycles. The van der Waals surface area contributed by atoms with Gasteiger partial charge in [-0.15, -0.1) is 6.42 Å².